The fourth-order valence-corrected chi connectivity index (χ4v) is 1.19. The van der Waals surface area contributed by atoms with Crippen molar-refractivity contribution in [3.05, 3.63) is 23.8 Å². The molecule has 0 spiro atoms. The zero-order valence-electron chi connectivity index (χ0n) is 9.37. The highest BCUT2D eigenvalue weighted by molar-refractivity contribution is 5.93. The van der Waals surface area contributed by atoms with Crippen LogP contribution < -0.4 is 5.32 Å². The first-order valence-electron chi connectivity index (χ1n) is 5.15. The molecule has 1 aromatic rings. The van der Waals surface area contributed by atoms with Crippen LogP contribution in [0.15, 0.2) is 18.2 Å². The van der Waals surface area contributed by atoms with Gasteiger partial charge in [0, 0.05) is 5.92 Å². The number of carbonyl (C=O) groups is 1. The van der Waals surface area contributed by atoms with Crippen LogP contribution in [0.2, 0.25) is 0 Å². The predicted octanol–water partition coefficient (Wildman–Crippen LogP) is 2.69. The molecule has 0 aliphatic carbocycles. The number of hydrogen-bond donors (Lipinski definition) is 2. The van der Waals surface area contributed by atoms with Gasteiger partial charge < -0.3 is 10.4 Å². The normalized spacial score (nSPS) is 12.2. The van der Waals surface area contributed by atoms with Gasteiger partial charge in [0.2, 0.25) is 5.91 Å². The first-order chi connectivity index (χ1) is 7.04. The number of amides is 1. The Balaban J connectivity index is 2.80. The van der Waals surface area contributed by atoms with Crippen molar-refractivity contribution in [3.8, 4) is 5.75 Å². The fourth-order valence-electron chi connectivity index (χ4n) is 1.19. The van der Waals surface area contributed by atoms with Crippen LogP contribution in [0.1, 0.15) is 25.8 Å². The van der Waals surface area contributed by atoms with E-state index in [4.69, 9.17) is 0 Å². The van der Waals surface area contributed by atoms with Crippen LogP contribution >= 0.6 is 0 Å². The summed E-state index contributed by atoms with van der Waals surface area (Å²) in [5.74, 6) is 0.0144. The maximum Gasteiger partial charge on any atom is 0.227 e. The van der Waals surface area contributed by atoms with Gasteiger partial charge >= 0.3 is 0 Å². The summed E-state index contributed by atoms with van der Waals surface area (Å²) in [5, 5.41) is 12.2. The Morgan fingerprint density at radius 1 is 1.53 bits per heavy atom. The maximum absolute atomic E-state index is 11.6. The molecule has 0 bridgehead atoms. The third kappa shape index (κ3) is 2.98. The quantitative estimate of drug-likeness (QED) is 0.749. The molecule has 0 aliphatic heterocycles. The third-order valence-electron chi connectivity index (χ3n) is 2.47. The molecule has 0 aromatic heterocycles. The number of phenolic OH excluding ortho intramolecular Hbond substituents is 1. The van der Waals surface area contributed by atoms with Crippen LogP contribution in [0.25, 0.3) is 0 Å². The Bertz CT molecular complexity index is 361. The van der Waals surface area contributed by atoms with Crippen LogP contribution in [-0.4, -0.2) is 11.0 Å². The molecule has 3 heteroatoms. The molecule has 0 saturated heterocycles. The van der Waals surface area contributed by atoms with Crippen molar-refractivity contribution in [1.82, 2.24) is 0 Å². The van der Waals surface area contributed by atoms with E-state index in [1.807, 2.05) is 20.8 Å². The van der Waals surface area contributed by atoms with Crippen molar-refractivity contribution in [2.45, 2.75) is 27.2 Å². The van der Waals surface area contributed by atoms with Crippen molar-refractivity contribution in [3.63, 3.8) is 0 Å². The molecule has 1 rings (SSSR count). The van der Waals surface area contributed by atoms with Crippen LogP contribution in [0.5, 0.6) is 5.75 Å². The van der Waals surface area contributed by atoms with Crippen LogP contribution in [0.3, 0.4) is 0 Å². The van der Waals surface area contributed by atoms with Gasteiger partial charge in [0.15, 0.2) is 0 Å². The van der Waals surface area contributed by atoms with Crippen molar-refractivity contribution in [2.24, 2.45) is 5.92 Å². The van der Waals surface area contributed by atoms with Gasteiger partial charge in [0.05, 0.1) is 5.69 Å². The zero-order valence-corrected chi connectivity index (χ0v) is 9.37. The minimum atomic E-state index is -0.0570. The van der Waals surface area contributed by atoms with Gasteiger partial charge in [0.1, 0.15) is 5.75 Å². The van der Waals surface area contributed by atoms with Crippen LogP contribution in [0, 0.1) is 12.8 Å². The lowest BCUT2D eigenvalue weighted by molar-refractivity contribution is -0.119. The van der Waals surface area contributed by atoms with Gasteiger partial charge in [-0.3, -0.25) is 4.79 Å². The molecule has 0 heterocycles. The first kappa shape index (κ1) is 11.6. The number of aryl methyl sites for hydroxylation is 1. The van der Waals surface area contributed by atoms with E-state index in [0.717, 1.165) is 12.0 Å². The predicted molar refractivity (Wildman–Crippen MR) is 60.9 cm³/mol. The number of aromatic hydroxyl groups is 1. The second kappa shape index (κ2) is 4.82. The topological polar surface area (TPSA) is 49.3 Å². The monoisotopic (exact) mass is 207 g/mol. The lowest BCUT2D eigenvalue weighted by Gasteiger charge is -2.11. The number of anilines is 1. The Labute approximate surface area is 90.1 Å². The average Bonchev–Trinajstić information content (AvgIpc) is 2.22. The van der Waals surface area contributed by atoms with E-state index in [2.05, 4.69) is 5.32 Å². The SMILES string of the molecule is CC[C@H](C)C(=O)Nc1cc(C)ccc1O. The Kier molecular flexibility index (Phi) is 3.72. The Hall–Kier alpha value is -1.51. The highest BCUT2D eigenvalue weighted by Gasteiger charge is 2.12. The first-order valence-corrected chi connectivity index (χ1v) is 5.15. The van der Waals surface area contributed by atoms with Crippen molar-refractivity contribution < 1.29 is 9.90 Å². The largest absolute Gasteiger partial charge is 0.506 e. The molecule has 82 valence electrons. The van der Waals surface area contributed by atoms with Gasteiger partial charge in [0.25, 0.3) is 0 Å². The summed E-state index contributed by atoms with van der Waals surface area (Å²) in [6.45, 7) is 5.74. The molecule has 3 nitrogen and oxygen atoms in total. The van der Waals surface area contributed by atoms with E-state index in [1.54, 1.807) is 18.2 Å². The molecule has 2 N–H and O–H groups in total. The van der Waals surface area contributed by atoms with E-state index < -0.39 is 0 Å². The van der Waals surface area contributed by atoms with Crippen molar-refractivity contribution in [2.75, 3.05) is 5.32 Å². The molecule has 0 unspecified atom stereocenters. The van der Waals surface area contributed by atoms with Gasteiger partial charge in [-0.15, -0.1) is 0 Å². The van der Waals surface area contributed by atoms with E-state index in [1.165, 1.54) is 0 Å². The standard InChI is InChI=1S/C12H17NO2/c1-4-9(3)12(15)13-10-7-8(2)5-6-11(10)14/h5-7,9,14H,4H2,1-3H3,(H,13,15)/t9-/m0/s1. The molecular formula is C12H17NO2. The molecule has 1 aromatic carbocycles. The number of hydrogen-bond acceptors (Lipinski definition) is 2. The summed E-state index contributed by atoms with van der Waals surface area (Å²) in [7, 11) is 0. The van der Waals surface area contributed by atoms with Gasteiger partial charge in [-0.25, -0.2) is 0 Å². The van der Waals surface area contributed by atoms with E-state index >= 15 is 0 Å². The van der Waals surface area contributed by atoms with Crippen LogP contribution in [0.4, 0.5) is 5.69 Å². The van der Waals surface area contributed by atoms with Gasteiger partial charge in [-0.05, 0) is 31.0 Å². The summed E-state index contributed by atoms with van der Waals surface area (Å²) < 4.78 is 0. The number of carbonyl (C=O) groups excluding carboxylic acids is 1. The number of rotatable bonds is 3. The van der Waals surface area contributed by atoms with E-state index in [9.17, 15) is 9.90 Å². The highest BCUT2D eigenvalue weighted by Crippen LogP contribution is 2.24. The number of phenols is 1. The maximum atomic E-state index is 11.6. The van der Waals surface area contributed by atoms with Crippen molar-refractivity contribution in [1.29, 1.82) is 0 Å². The highest BCUT2D eigenvalue weighted by atomic mass is 16.3. The summed E-state index contributed by atoms with van der Waals surface area (Å²) in [6, 6.07) is 5.14. The molecular weight excluding hydrogens is 190 g/mol. The van der Waals surface area contributed by atoms with Gasteiger partial charge in [-0.1, -0.05) is 19.9 Å². The molecule has 0 radical (unpaired) electrons. The second-order valence-corrected chi connectivity index (χ2v) is 3.82. The van der Waals surface area contributed by atoms with Crippen LogP contribution in [-0.2, 0) is 4.79 Å². The molecule has 0 fully saturated rings. The fraction of sp³-hybridized carbons (Fsp3) is 0.417. The summed E-state index contributed by atoms with van der Waals surface area (Å²) in [6.07, 6.45) is 0.790. The second-order valence-electron chi connectivity index (χ2n) is 3.82. The summed E-state index contributed by atoms with van der Waals surface area (Å²) >= 11 is 0. The smallest absolute Gasteiger partial charge is 0.227 e. The summed E-state index contributed by atoms with van der Waals surface area (Å²) in [5.41, 5.74) is 1.49. The van der Waals surface area contributed by atoms with Crippen molar-refractivity contribution >= 4 is 11.6 Å². The molecule has 1 amide bonds. The minimum absolute atomic E-state index is 0.0371. The number of benzene rings is 1. The minimum Gasteiger partial charge on any atom is -0.506 e. The lowest BCUT2D eigenvalue weighted by atomic mass is 10.1. The van der Waals surface area contributed by atoms with E-state index in [0.29, 0.717) is 5.69 Å². The zero-order chi connectivity index (χ0) is 11.4. The van der Waals surface area contributed by atoms with E-state index in [-0.39, 0.29) is 17.6 Å². The third-order valence-corrected chi connectivity index (χ3v) is 2.47. The molecule has 15 heavy (non-hydrogen) atoms. The molecule has 1 atom stereocenters. The van der Waals surface area contributed by atoms with Gasteiger partial charge in [-0.2, -0.15) is 0 Å². The molecule has 0 aliphatic rings. The molecule has 0 saturated carbocycles. The number of nitrogens with one attached hydrogen (secondary N) is 1. The Morgan fingerprint density at radius 3 is 2.80 bits per heavy atom. The lowest BCUT2D eigenvalue weighted by Crippen LogP contribution is -2.19. The Morgan fingerprint density at radius 2 is 2.20 bits per heavy atom. The average molecular weight is 207 g/mol. The summed E-state index contributed by atoms with van der Waals surface area (Å²) in [4.78, 5) is 11.6.